The summed E-state index contributed by atoms with van der Waals surface area (Å²) in [6.45, 7) is 6.51. The number of halogens is 1. The Morgan fingerprint density at radius 2 is 1.91 bits per heavy atom. The molecule has 1 heterocycles. The van der Waals surface area contributed by atoms with Crippen LogP contribution in [-0.2, 0) is 4.74 Å². The van der Waals surface area contributed by atoms with Crippen LogP contribution in [0.5, 0.6) is 0 Å². The van der Waals surface area contributed by atoms with Gasteiger partial charge >= 0.3 is 13.2 Å². The summed E-state index contributed by atoms with van der Waals surface area (Å²) in [6.07, 6.45) is 0.962. The predicted octanol–water partition coefficient (Wildman–Crippen LogP) is 1.62. The first kappa shape index (κ1) is 17.8. The minimum absolute atomic E-state index is 0.0126. The second-order valence-electron chi connectivity index (χ2n) is 6.90. The van der Waals surface area contributed by atoms with E-state index in [1.165, 1.54) is 6.07 Å². The third-order valence-corrected chi connectivity index (χ3v) is 3.91. The third-order valence-electron chi connectivity index (χ3n) is 3.91. The van der Waals surface area contributed by atoms with Gasteiger partial charge in [-0.1, -0.05) is 12.1 Å². The summed E-state index contributed by atoms with van der Waals surface area (Å²) in [5.74, 6) is -0.426. The molecule has 23 heavy (non-hydrogen) atoms. The summed E-state index contributed by atoms with van der Waals surface area (Å²) in [6, 6.07) is 4.27. The van der Waals surface area contributed by atoms with Crippen molar-refractivity contribution >= 4 is 18.7 Å². The molecule has 7 heteroatoms. The number of nitrogens with zero attached hydrogens (tertiary/aromatic N) is 1. The SMILES string of the molecule is CC(C)(C)OC(=O)N1CCC(c2ccc(B(O)O)cc2F)CC1. The van der Waals surface area contributed by atoms with Crippen molar-refractivity contribution < 1.29 is 24.0 Å². The molecule has 1 saturated heterocycles. The van der Waals surface area contributed by atoms with Gasteiger partial charge in [0.1, 0.15) is 11.4 Å². The van der Waals surface area contributed by atoms with Crippen LogP contribution in [0.2, 0.25) is 0 Å². The number of hydrogen-bond acceptors (Lipinski definition) is 4. The molecule has 1 fully saturated rings. The van der Waals surface area contributed by atoms with E-state index in [9.17, 15) is 9.18 Å². The van der Waals surface area contributed by atoms with Gasteiger partial charge in [-0.15, -0.1) is 0 Å². The monoisotopic (exact) mass is 323 g/mol. The number of ether oxygens (including phenoxy) is 1. The number of carbonyl (C=O) groups is 1. The highest BCUT2D eigenvalue weighted by Crippen LogP contribution is 2.30. The number of piperidine rings is 1. The zero-order valence-corrected chi connectivity index (χ0v) is 13.8. The van der Waals surface area contributed by atoms with Crippen LogP contribution in [0.3, 0.4) is 0 Å². The lowest BCUT2D eigenvalue weighted by Gasteiger charge is -2.33. The minimum Gasteiger partial charge on any atom is -0.444 e. The Bertz CT molecular complexity index is 566. The Balaban J connectivity index is 1.98. The van der Waals surface area contributed by atoms with Crippen LogP contribution in [0.15, 0.2) is 18.2 Å². The van der Waals surface area contributed by atoms with Crippen molar-refractivity contribution in [3.8, 4) is 0 Å². The van der Waals surface area contributed by atoms with Gasteiger partial charge in [0.2, 0.25) is 0 Å². The first-order valence-corrected chi connectivity index (χ1v) is 7.81. The molecule has 0 aromatic heterocycles. The molecule has 1 aliphatic heterocycles. The highest BCUT2D eigenvalue weighted by atomic mass is 19.1. The van der Waals surface area contributed by atoms with E-state index in [4.69, 9.17) is 14.8 Å². The normalized spacial score (nSPS) is 16.3. The average molecular weight is 323 g/mol. The van der Waals surface area contributed by atoms with Crippen LogP contribution in [0.25, 0.3) is 0 Å². The molecule has 0 radical (unpaired) electrons. The summed E-state index contributed by atoms with van der Waals surface area (Å²) in [5, 5.41) is 18.1. The second-order valence-corrected chi connectivity index (χ2v) is 6.90. The van der Waals surface area contributed by atoms with Gasteiger partial charge in [0.15, 0.2) is 0 Å². The number of likely N-dealkylation sites (tertiary alicyclic amines) is 1. The van der Waals surface area contributed by atoms with E-state index in [0.29, 0.717) is 31.5 Å². The Hall–Kier alpha value is -1.60. The lowest BCUT2D eigenvalue weighted by atomic mass is 9.78. The van der Waals surface area contributed by atoms with Crippen LogP contribution >= 0.6 is 0 Å². The van der Waals surface area contributed by atoms with Crippen LogP contribution < -0.4 is 5.46 Å². The van der Waals surface area contributed by atoms with Crippen molar-refractivity contribution in [3.63, 3.8) is 0 Å². The van der Waals surface area contributed by atoms with Gasteiger partial charge in [-0.2, -0.15) is 0 Å². The van der Waals surface area contributed by atoms with Gasteiger partial charge in [-0.05, 0) is 56.6 Å². The Kier molecular flexibility index (Phi) is 5.32. The maximum absolute atomic E-state index is 14.1. The summed E-state index contributed by atoms with van der Waals surface area (Å²) in [4.78, 5) is 13.7. The fourth-order valence-electron chi connectivity index (χ4n) is 2.73. The highest BCUT2D eigenvalue weighted by Gasteiger charge is 2.28. The Labute approximate surface area is 136 Å². The Morgan fingerprint density at radius 1 is 1.30 bits per heavy atom. The van der Waals surface area contributed by atoms with Crippen LogP contribution in [0.4, 0.5) is 9.18 Å². The molecule has 0 bridgehead atoms. The molecule has 1 aromatic rings. The lowest BCUT2D eigenvalue weighted by Crippen LogP contribution is -2.41. The smallest absolute Gasteiger partial charge is 0.444 e. The first-order chi connectivity index (χ1) is 10.7. The van der Waals surface area contributed by atoms with Crippen LogP contribution in [-0.4, -0.2) is 46.9 Å². The summed E-state index contributed by atoms with van der Waals surface area (Å²) in [5.41, 5.74) is 0.164. The van der Waals surface area contributed by atoms with E-state index in [1.54, 1.807) is 11.0 Å². The zero-order chi connectivity index (χ0) is 17.2. The van der Waals surface area contributed by atoms with Crippen molar-refractivity contribution in [2.45, 2.75) is 45.1 Å². The van der Waals surface area contributed by atoms with Crippen molar-refractivity contribution in [3.05, 3.63) is 29.6 Å². The fraction of sp³-hybridized carbons (Fsp3) is 0.562. The largest absolute Gasteiger partial charge is 0.488 e. The Morgan fingerprint density at radius 3 is 2.39 bits per heavy atom. The van der Waals surface area contributed by atoms with Gasteiger partial charge in [-0.25, -0.2) is 9.18 Å². The molecule has 126 valence electrons. The first-order valence-electron chi connectivity index (χ1n) is 7.81. The van der Waals surface area contributed by atoms with Gasteiger partial charge < -0.3 is 19.7 Å². The van der Waals surface area contributed by atoms with Crippen molar-refractivity contribution in [1.29, 1.82) is 0 Å². The molecule has 1 aromatic carbocycles. The minimum atomic E-state index is -1.67. The van der Waals surface area contributed by atoms with Crippen LogP contribution in [0.1, 0.15) is 45.1 Å². The maximum Gasteiger partial charge on any atom is 0.488 e. The standard InChI is InChI=1S/C16H23BFNO4/c1-16(2,3)23-15(20)19-8-6-11(7-9-19)13-5-4-12(17(21)22)10-14(13)18/h4-5,10-11,21-22H,6-9H2,1-3H3. The number of benzene rings is 1. The van der Waals surface area contributed by atoms with E-state index in [0.717, 1.165) is 6.07 Å². The molecule has 1 amide bonds. The van der Waals surface area contributed by atoms with Crippen LogP contribution in [0, 0.1) is 5.82 Å². The predicted molar refractivity (Wildman–Crippen MR) is 86.0 cm³/mol. The van der Waals surface area contributed by atoms with Gasteiger partial charge in [0.05, 0.1) is 0 Å². The number of carbonyl (C=O) groups excluding carboxylic acids is 1. The molecule has 0 spiro atoms. The molecule has 0 atom stereocenters. The zero-order valence-electron chi connectivity index (χ0n) is 13.8. The van der Waals surface area contributed by atoms with E-state index in [2.05, 4.69) is 0 Å². The summed E-state index contributed by atoms with van der Waals surface area (Å²) < 4.78 is 19.5. The molecular formula is C16H23BFNO4. The molecule has 0 unspecified atom stereocenters. The molecule has 2 N–H and O–H groups in total. The molecule has 0 saturated carbocycles. The average Bonchev–Trinajstić information content (AvgIpc) is 2.45. The van der Waals surface area contributed by atoms with E-state index < -0.39 is 18.5 Å². The quantitative estimate of drug-likeness (QED) is 0.812. The fourth-order valence-corrected chi connectivity index (χ4v) is 2.73. The number of rotatable bonds is 2. The molecular weight excluding hydrogens is 300 g/mol. The van der Waals surface area contributed by atoms with Gasteiger partial charge in [-0.3, -0.25) is 0 Å². The molecule has 2 rings (SSSR count). The third kappa shape index (κ3) is 4.69. The molecule has 0 aliphatic carbocycles. The number of amides is 1. The van der Waals surface area contributed by atoms with Crippen molar-refractivity contribution in [1.82, 2.24) is 4.90 Å². The van der Waals surface area contributed by atoms with E-state index in [1.807, 2.05) is 20.8 Å². The van der Waals surface area contributed by atoms with Gasteiger partial charge in [0, 0.05) is 13.1 Å². The topological polar surface area (TPSA) is 70.0 Å². The molecule has 5 nitrogen and oxygen atoms in total. The lowest BCUT2D eigenvalue weighted by molar-refractivity contribution is 0.0204. The summed E-state index contributed by atoms with van der Waals surface area (Å²) >= 11 is 0. The van der Waals surface area contributed by atoms with Crippen molar-refractivity contribution in [2.75, 3.05) is 13.1 Å². The molecule has 1 aliphatic rings. The summed E-state index contributed by atoms with van der Waals surface area (Å²) in [7, 11) is -1.67. The van der Waals surface area contributed by atoms with E-state index >= 15 is 0 Å². The van der Waals surface area contributed by atoms with E-state index in [-0.39, 0.29) is 17.5 Å². The number of hydrogen-bond donors (Lipinski definition) is 2. The second kappa shape index (κ2) is 6.89. The maximum atomic E-state index is 14.1. The van der Waals surface area contributed by atoms with Gasteiger partial charge in [0.25, 0.3) is 0 Å². The van der Waals surface area contributed by atoms with Crippen molar-refractivity contribution in [2.24, 2.45) is 0 Å². The highest BCUT2D eigenvalue weighted by molar-refractivity contribution is 6.58.